The Hall–Kier alpha value is -2.59. The summed E-state index contributed by atoms with van der Waals surface area (Å²) in [6.45, 7) is 1.59. The molecule has 0 radical (unpaired) electrons. The van der Waals surface area contributed by atoms with E-state index in [0.717, 1.165) is 16.7 Å². The van der Waals surface area contributed by atoms with Gasteiger partial charge in [0.1, 0.15) is 6.26 Å². The monoisotopic (exact) mass is 297 g/mol. The number of hydrogen-bond acceptors (Lipinski definition) is 3. The summed E-state index contributed by atoms with van der Waals surface area (Å²) < 4.78 is 10.0. The zero-order valence-electron chi connectivity index (χ0n) is 12.7. The van der Waals surface area contributed by atoms with Crippen molar-refractivity contribution in [3.63, 3.8) is 0 Å². The van der Waals surface area contributed by atoms with E-state index in [2.05, 4.69) is 17.4 Å². The standard InChI is InChI=1S/C18H19NO3/c1-14(20)19-18(12-22-13-21-2)17-10-8-16(9-11-17)15-6-4-3-5-7-15/h3-12H,13H2,1-2H3,(H,19,20)/b18-12+. The first-order valence-electron chi connectivity index (χ1n) is 6.95. The largest absolute Gasteiger partial charge is 0.473 e. The van der Waals surface area contributed by atoms with Crippen LogP contribution < -0.4 is 5.32 Å². The quantitative estimate of drug-likeness (QED) is 0.505. The first-order chi connectivity index (χ1) is 10.7. The summed E-state index contributed by atoms with van der Waals surface area (Å²) in [5.41, 5.74) is 3.73. The molecule has 0 saturated carbocycles. The molecule has 1 amide bonds. The van der Waals surface area contributed by atoms with Crippen LogP contribution in [-0.4, -0.2) is 19.8 Å². The molecule has 114 valence electrons. The number of hydrogen-bond donors (Lipinski definition) is 1. The second kappa shape index (κ2) is 8.00. The van der Waals surface area contributed by atoms with Crippen LogP contribution in [0, 0.1) is 0 Å². The summed E-state index contributed by atoms with van der Waals surface area (Å²) in [5.74, 6) is -0.153. The van der Waals surface area contributed by atoms with Crippen LogP contribution >= 0.6 is 0 Å². The van der Waals surface area contributed by atoms with Crippen molar-refractivity contribution >= 4 is 11.6 Å². The molecule has 2 rings (SSSR count). The number of amides is 1. The predicted octanol–water partition coefficient (Wildman–Crippen LogP) is 3.41. The van der Waals surface area contributed by atoms with E-state index < -0.39 is 0 Å². The highest BCUT2D eigenvalue weighted by atomic mass is 16.7. The topological polar surface area (TPSA) is 47.6 Å². The molecule has 0 aromatic heterocycles. The van der Waals surface area contributed by atoms with E-state index in [1.54, 1.807) is 7.11 Å². The molecule has 22 heavy (non-hydrogen) atoms. The highest BCUT2D eigenvalue weighted by Gasteiger charge is 2.05. The van der Waals surface area contributed by atoms with Crippen LogP contribution in [0.3, 0.4) is 0 Å². The van der Waals surface area contributed by atoms with Gasteiger partial charge in [-0.2, -0.15) is 0 Å². The maximum absolute atomic E-state index is 11.3. The van der Waals surface area contributed by atoms with Gasteiger partial charge in [-0.05, 0) is 11.1 Å². The van der Waals surface area contributed by atoms with Crippen LogP contribution in [0.1, 0.15) is 12.5 Å². The van der Waals surface area contributed by atoms with Crippen molar-refractivity contribution in [1.29, 1.82) is 0 Å². The van der Waals surface area contributed by atoms with Gasteiger partial charge < -0.3 is 14.8 Å². The minimum Gasteiger partial charge on any atom is -0.473 e. The molecule has 0 fully saturated rings. The van der Waals surface area contributed by atoms with Gasteiger partial charge in [0.25, 0.3) is 0 Å². The summed E-state index contributed by atoms with van der Waals surface area (Å²) in [7, 11) is 1.54. The number of carbonyl (C=O) groups excluding carboxylic acids is 1. The molecular formula is C18H19NO3. The molecule has 0 saturated heterocycles. The molecule has 0 heterocycles. The van der Waals surface area contributed by atoms with E-state index in [4.69, 9.17) is 9.47 Å². The van der Waals surface area contributed by atoms with Crippen LogP contribution in [0.5, 0.6) is 0 Å². The highest BCUT2D eigenvalue weighted by Crippen LogP contribution is 2.21. The number of methoxy groups -OCH3 is 1. The molecule has 0 bridgehead atoms. The zero-order valence-corrected chi connectivity index (χ0v) is 12.7. The lowest BCUT2D eigenvalue weighted by molar-refractivity contribution is -0.117. The number of carbonyl (C=O) groups is 1. The fourth-order valence-corrected chi connectivity index (χ4v) is 2.02. The maximum atomic E-state index is 11.3. The van der Waals surface area contributed by atoms with Crippen molar-refractivity contribution in [2.75, 3.05) is 13.9 Å². The van der Waals surface area contributed by atoms with Gasteiger partial charge in [-0.25, -0.2) is 0 Å². The highest BCUT2D eigenvalue weighted by molar-refractivity contribution is 5.85. The van der Waals surface area contributed by atoms with E-state index in [1.807, 2.05) is 42.5 Å². The van der Waals surface area contributed by atoms with Crippen molar-refractivity contribution < 1.29 is 14.3 Å². The van der Waals surface area contributed by atoms with E-state index in [-0.39, 0.29) is 12.7 Å². The number of benzene rings is 2. The first-order valence-corrected chi connectivity index (χ1v) is 6.95. The smallest absolute Gasteiger partial charge is 0.221 e. The Bertz CT molecular complexity index is 633. The first kappa shape index (κ1) is 15.8. The minimum atomic E-state index is -0.153. The third kappa shape index (κ3) is 4.46. The van der Waals surface area contributed by atoms with Crippen molar-refractivity contribution in [2.24, 2.45) is 0 Å². The summed E-state index contributed by atoms with van der Waals surface area (Å²) in [6.07, 6.45) is 1.49. The zero-order chi connectivity index (χ0) is 15.8. The lowest BCUT2D eigenvalue weighted by Gasteiger charge is -2.10. The molecule has 4 nitrogen and oxygen atoms in total. The van der Waals surface area contributed by atoms with Crippen molar-refractivity contribution in [3.8, 4) is 11.1 Å². The lowest BCUT2D eigenvalue weighted by Crippen LogP contribution is -2.18. The number of rotatable bonds is 6. The minimum absolute atomic E-state index is 0.130. The Kier molecular flexibility index (Phi) is 5.74. The maximum Gasteiger partial charge on any atom is 0.221 e. The molecule has 1 N–H and O–H groups in total. The van der Waals surface area contributed by atoms with E-state index >= 15 is 0 Å². The van der Waals surface area contributed by atoms with Crippen LogP contribution in [0.15, 0.2) is 60.9 Å². The summed E-state index contributed by atoms with van der Waals surface area (Å²) in [4.78, 5) is 11.3. The SMILES string of the molecule is COCO/C=C(/NC(C)=O)c1ccc(-c2ccccc2)cc1. The number of ether oxygens (including phenoxy) is 2. The molecule has 0 aliphatic heterocycles. The third-order valence-electron chi connectivity index (χ3n) is 3.00. The van der Waals surface area contributed by atoms with Gasteiger partial charge in [0.05, 0.1) is 5.70 Å². The second-order valence-corrected chi connectivity index (χ2v) is 4.73. The molecule has 2 aromatic carbocycles. The fourth-order valence-electron chi connectivity index (χ4n) is 2.02. The summed E-state index contributed by atoms with van der Waals surface area (Å²) >= 11 is 0. The van der Waals surface area contributed by atoms with Gasteiger partial charge in [0.15, 0.2) is 6.79 Å². The Labute approximate surface area is 130 Å². The molecule has 0 aliphatic rings. The summed E-state index contributed by atoms with van der Waals surface area (Å²) in [5, 5.41) is 2.76. The number of nitrogens with one attached hydrogen (secondary N) is 1. The van der Waals surface area contributed by atoms with Gasteiger partial charge in [-0.3, -0.25) is 4.79 Å². The van der Waals surface area contributed by atoms with Crippen molar-refractivity contribution in [2.45, 2.75) is 6.92 Å². The van der Waals surface area contributed by atoms with Crippen LogP contribution in [-0.2, 0) is 14.3 Å². The lowest BCUT2D eigenvalue weighted by atomic mass is 10.0. The molecule has 4 heteroatoms. The van der Waals surface area contributed by atoms with Crippen molar-refractivity contribution in [3.05, 3.63) is 66.4 Å². The molecule has 0 unspecified atom stereocenters. The second-order valence-electron chi connectivity index (χ2n) is 4.73. The van der Waals surface area contributed by atoms with E-state index in [9.17, 15) is 4.79 Å². The average Bonchev–Trinajstić information content (AvgIpc) is 2.55. The van der Waals surface area contributed by atoms with Crippen LogP contribution in [0.25, 0.3) is 16.8 Å². The molecule has 0 aliphatic carbocycles. The Morgan fingerprint density at radius 3 is 2.27 bits per heavy atom. The van der Waals surface area contributed by atoms with E-state index in [1.165, 1.54) is 13.2 Å². The Morgan fingerprint density at radius 1 is 1.05 bits per heavy atom. The van der Waals surface area contributed by atoms with Gasteiger partial charge >= 0.3 is 0 Å². The molecule has 0 spiro atoms. The third-order valence-corrected chi connectivity index (χ3v) is 3.00. The normalized spacial score (nSPS) is 11.1. The van der Waals surface area contributed by atoms with Gasteiger partial charge in [0.2, 0.25) is 5.91 Å². The summed E-state index contributed by atoms with van der Waals surface area (Å²) in [6, 6.07) is 18.0. The predicted molar refractivity (Wildman–Crippen MR) is 86.6 cm³/mol. The van der Waals surface area contributed by atoms with Gasteiger partial charge in [0, 0.05) is 19.6 Å². The van der Waals surface area contributed by atoms with Crippen LogP contribution in [0.2, 0.25) is 0 Å². The van der Waals surface area contributed by atoms with Crippen molar-refractivity contribution in [1.82, 2.24) is 5.32 Å². The molecule has 0 atom stereocenters. The average molecular weight is 297 g/mol. The molecule has 2 aromatic rings. The fraction of sp³-hybridized carbons (Fsp3) is 0.167. The van der Waals surface area contributed by atoms with Gasteiger partial charge in [-0.15, -0.1) is 0 Å². The molecular weight excluding hydrogens is 278 g/mol. The Balaban J connectivity index is 2.21. The Morgan fingerprint density at radius 2 is 1.68 bits per heavy atom. The van der Waals surface area contributed by atoms with E-state index in [0.29, 0.717) is 5.70 Å². The van der Waals surface area contributed by atoms with Gasteiger partial charge in [-0.1, -0.05) is 54.6 Å². The van der Waals surface area contributed by atoms with Crippen LogP contribution in [0.4, 0.5) is 0 Å².